The van der Waals surface area contributed by atoms with Crippen molar-refractivity contribution in [1.82, 2.24) is 9.97 Å². The average molecular weight is 222 g/mol. The van der Waals surface area contributed by atoms with Crippen LogP contribution in [0, 0.1) is 0 Å². The first-order valence-corrected chi connectivity index (χ1v) is 5.86. The van der Waals surface area contributed by atoms with Gasteiger partial charge in [-0.05, 0) is 19.4 Å². The monoisotopic (exact) mass is 222 g/mol. The van der Waals surface area contributed by atoms with E-state index in [1.54, 1.807) is 6.33 Å². The third-order valence-corrected chi connectivity index (χ3v) is 2.93. The van der Waals surface area contributed by atoms with Crippen LogP contribution in [0.3, 0.4) is 0 Å². The first kappa shape index (κ1) is 12.9. The van der Waals surface area contributed by atoms with E-state index < -0.39 is 0 Å². The van der Waals surface area contributed by atoms with Crippen molar-refractivity contribution in [3.63, 3.8) is 0 Å². The molecule has 0 atom stereocenters. The van der Waals surface area contributed by atoms with Gasteiger partial charge >= 0.3 is 0 Å². The predicted molar refractivity (Wildman–Crippen MR) is 67.5 cm³/mol. The summed E-state index contributed by atoms with van der Waals surface area (Å²) in [6, 6.07) is 2.03. The summed E-state index contributed by atoms with van der Waals surface area (Å²) in [6.07, 6.45) is 3.64. The van der Waals surface area contributed by atoms with Gasteiger partial charge in [-0.2, -0.15) is 0 Å². The fourth-order valence-electron chi connectivity index (χ4n) is 1.32. The third-order valence-electron chi connectivity index (χ3n) is 2.93. The van der Waals surface area contributed by atoms with Crippen molar-refractivity contribution in [1.29, 1.82) is 0 Å². The molecule has 1 aromatic heterocycles. The van der Waals surface area contributed by atoms with Crippen LogP contribution >= 0.6 is 0 Å². The Hall–Kier alpha value is -1.16. The van der Waals surface area contributed by atoms with Gasteiger partial charge < -0.3 is 11.1 Å². The fraction of sp³-hybridized carbons (Fsp3) is 0.667. The van der Waals surface area contributed by atoms with Crippen LogP contribution in [0.4, 0.5) is 5.82 Å². The smallest absolute Gasteiger partial charge is 0.129 e. The lowest BCUT2D eigenvalue weighted by Gasteiger charge is -2.22. The minimum absolute atomic E-state index is 0.104. The van der Waals surface area contributed by atoms with Gasteiger partial charge in [0.15, 0.2) is 0 Å². The summed E-state index contributed by atoms with van der Waals surface area (Å²) in [6.45, 7) is 8.12. The Labute approximate surface area is 97.7 Å². The Bertz CT molecular complexity index is 323. The van der Waals surface area contributed by atoms with Crippen molar-refractivity contribution in [3.05, 3.63) is 18.1 Å². The summed E-state index contributed by atoms with van der Waals surface area (Å²) in [5.74, 6) is 0.889. The second-order valence-corrected chi connectivity index (χ2v) is 4.59. The maximum absolute atomic E-state index is 5.44. The van der Waals surface area contributed by atoms with Crippen LogP contribution in [0.15, 0.2) is 12.4 Å². The highest BCUT2D eigenvalue weighted by Crippen LogP contribution is 2.25. The van der Waals surface area contributed by atoms with Crippen molar-refractivity contribution in [2.45, 2.75) is 39.0 Å². The molecule has 4 nitrogen and oxygen atoms in total. The number of nitrogens with two attached hydrogens (primary N) is 1. The Kier molecular flexibility index (Phi) is 4.68. The summed E-state index contributed by atoms with van der Waals surface area (Å²) >= 11 is 0. The second kappa shape index (κ2) is 5.80. The molecular formula is C12H22N4. The van der Waals surface area contributed by atoms with Crippen LogP contribution in [-0.4, -0.2) is 23.1 Å². The SMILES string of the molecule is CCC(C)(C)c1cc(NCCCN)ncn1. The number of hydrogen-bond acceptors (Lipinski definition) is 4. The van der Waals surface area contributed by atoms with Crippen LogP contribution in [0.25, 0.3) is 0 Å². The number of anilines is 1. The van der Waals surface area contributed by atoms with Crippen LogP contribution in [0.2, 0.25) is 0 Å². The number of nitrogens with one attached hydrogen (secondary N) is 1. The largest absolute Gasteiger partial charge is 0.370 e. The lowest BCUT2D eigenvalue weighted by molar-refractivity contribution is 0.489. The van der Waals surface area contributed by atoms with E-state index in [4.69, 9.17) is 5.73 Å². The molecule has 0 fully saturated rings. The number of nitrogens with zero attached hydrogens (tertiary/aromatic N) is 2. The van der Waals surface area contributed by atoms with E-state index in [9.17, 15) is 0 Å². The lowest BCUT2D eigenvalue weighted by Crippen LogP contribution is -2.18. The third kappa shape index (κ3) is 3.45. The highest BCUT2D eigenvalue weighted by molar-refractivity contribution is 5.36. The van der Waals surface area contributed by atoms with Gasteiger partial charge in [0.25, 0.3) is 0 Å². The zero-order valence-corrected chi connectivity index (χ0v) is 10.5. The standard InChI is InChI=1S/C12H22N4/c1-4-12(2,3)10-8-11(16-9-15-10)14-7-5-6-13/h8-9H,4-7,13H2,1-3H3,(H,14,15,16). The molecule has 3 N–H and O–H groups in total. The van der Waals surface area contributed by atoms with Gasteiger partial charge in [-0.3, -0.25) is 0 Å². The van der Waals surface area contributed by atoms with Gasteiger partial charge in [0, 0.05) is 18.0 Å². The molecule has 0 aliphatic carbocycles. The van der Waals surface area contributed by atoms with E-state index in [2.05, 4.69) is 36.1 Å². The van der Waals surface area contributed by atoms with Crippen LogP contribution in [0.1, 0.15) is 39.3 Å². The summed E-state index contributed by atoms with van der Waals surface area (Å²) in [5.41, 5.74) is 6.63. The lowest BCUT2D eigenvalue weighted by atomic mass is 9.86. The minimum atomic E-state index is 0.104. The summed E-state index contributed by atoms with van der Waals surface area (Å²) < 4.78 is 0. The van der Waals surface area contributed by atoms with E-state index in [1.807, 2.05) is 6.07 Å². The molecule has 0 saturated heterocycles. The molecule has 0 amide bonds. The molecule has 0 spiro atoms. The minimum Gasteiger partial charge on any atom is -0.370 e. The normalized spacial score (nSPS) is 11.5. The molecular weight excluding hydrogens is 200 g/mol. The van der Waals surface area contributed by atoms with Gasteiger partial charge in [-0.1, -0.05) is 20.8 Å². The molecule has 1 heterocycles. The Morgan fingerprint density at radius 3 is 2.75 bits per heavy atom. The maximum atomic E-state index is 5.44. The van der Waals surface area contributed by atoms with Gasteiger partial charge in [0.05, 0.1) is 5.69 Å². The second-order valence-electron chi connectivity index (χ2n) is 4.59. The first-order valence-electron chi connectivity index (χ1n) is 5.86. The van der Waals surface area contributed by atoms with Gasteiger partial charge in [0.1, 0.15) is 12.1 Å². The van der Waals surface area contributed by atoms with Crippen LogP contribution in [-0.2, 0) is 5.41 Å². The molecule has 4 heteroatoms. The van der Waals surface area contributed by atoms with Crippen molar-refractivity contribution < 1.29 is 0 Å². The number of rotatable bonds is 6. The highest BCUT2D eigenvalue weighted by atomic mass is 15.0. The summed E-state index contributed by atoms with van der Waals surface area (Å²) in [5, 5.41) is 3.25. The fourth-order valence-corrected chi connectivity index (χ4v) is 1.32. The number of aromatic nitrogens is 2. The molecule has 16 heavy (non-hydrogen) atoms. The maximum Gasteiger partial charge on any atom is 0.129 e. The Morgan fingerprint density at radius 1 is 1.38 bits per heavy atom. The van der Waals surface area contributed by atoms with Gasteiger partial charge in [0.2, 0.25) is 0 Å². The summed E-state index contributed by atoms with van der Waals surface area (Å²) in [4.78, 5) is 8.53. The summed E-state index contributed by atoms with van der Waals surface area (Å²) in [7, 11) is 0. The average Bonchev–Trinajstić information content (AvgIpc) is 2.30. The van der Waals surface area contributed by atoms with E-state index >= 15 is 0 Å². The highest BCUT2D eigenvalue weighted by Gasteiger charge is 2.19. The molecule has 90 valence electrons. The van der Waals surface area contributed by atoms with E-state index in [-0.39, 0.29) is 5.41 Å². The molecule has 0 unspecified atom stereocenters. The Morgan fingerprint density at radius 2 is 2.12 bits per heavy atom. The molecule has 0 saturated carbocycles. The molecule has 0 aliphatic rings. The van der Waals surface area contributed by atoms with Crippen LogP contribution < -0.4 is 11.1 Å². The zero-order chi connectivity index (χ0) is 12.0. The van der Waals surface area contributed by atoms with E-state index in [0.717, 1.165) is 30.9 Å². The van der Waals surface area contributed by atoms with Crippen molar-refractivity contribution in [2.75, 3.05) is 18.4 Å². The molecule has 0 radical (unpaired) electrons. The van der Waals surface area contributed by atoms with E-state index in [1.165, 1.54) is 0 Å². The topological polar surface area (TPSA) is 63.8 Å². The molecule has 1 aromatic rings. The molecule has 1 rings (SSSR count). The molecule has 0 aliphatic heterocycles. The first-order chi connectivity index (χ1) is 7.60. The quantitative estimate of drug-likeness (QED) is 0.722. The molecule has 0 bridgehead atoms. The zero-order valence-electron chi connectivity index (χ0n) is 10.5. The predicted octanol–water partition coefficient (Wildman–Crippen LogP) is 1.92. The van der Waals surface area contributed by atoms with Crippen molar-refractivity contribution in [2.24, 2.45) is 5.73 Å². The number of hydrogen-bond donors (Lipinski definition) is 2. The van der Waals surface area contributed by atoms with Gasteiger partial charge in [-0.15, -0.1) is 0 Å². The van der Waals surface area contributed by atoms with Gasteiger partial charge in [-0.25, -0.2) is 9.97 Å². The van der Waals surface area contributed by atoms with E-state index in [0.29, 0.717) is 6.54 Å². The Balaban J connectivity index is 2.71. The van der Waals surface area contributed by atoms with Crippen molar-refractivity contribution in [3.8, 4) is 0 Å². The van der Waals surface area contributed by atoms with Crippen LogP contribution in [0.5, 0.6) is 0 Å². The molecule has 0 aromatic carbocycles. The van der Waals surface area contributed by atoms with Crippen molar-refractivity contribution >= 4 is 5.82 Å².